The number of nitrogens with one attached hydrogen (secondary N) is 2. The van der Waals surface area contributed by atoms with Crippen LogP contribution in [0.5, 0.6) is 0 Å². The molecule has 0 bridgehead atoms. The molecule has 142 valence electrons. The molecule has 7 nitrogen and oxygen atoms in total. The number of hydrogen-bond donors (Lipinski definition) is 2. The fraction of sp³-hybridized carbons (Fsp3) is 0.421. The Morgan fingerprint density at radius 1 is 1.07 bits per heavy atom. The number of aromatic amines is 1. The molecule has 2 aliphatic rings. The molecule has 2 amide bonds. The van der Waals surface area contributed by atoms with Crippen LogP contribution in [0, 0.1) is 5.82 Å². The number of halogens is 1. The monoisotopic (exact) mass is 371 g/mol. The van der Waals surface area contributed by atoms with E-state index in [0.29, 0.717) is 50.4 Å². The van der Waals surface area contributed by atoms with Gasteiger partial charge in [0, 0.05) is 62.5 Å². The summed E-state index contributed by atoms with van der Waals surface area (Å²) >= 11 is 0. The highest BCUT2D eigenvalue weighted by Gasteiger charge is 2.28. The fourth-order valence-corrected chi connectivity index (χ4v) is 3.68. The van der Waals surface area contributed by atoms with E-state index in [1.54, 1.807) is 15.9 Å². The van der Waals surface area contributed by atoms with Gasteiger partial charge in [-0.2, -0.15) is 5.10 Å². The third-order valence-electron chi connectivity index (χ3n) is 5.15. The number of hydrogen-bond acceptors (Lipinski definition) is 4. The maximum Gasteiger partial charge on any atom is 0.274 e. The molecule has 1 saturated heterocycles. The van der Waals surface area contributed by atoms with Crippen molar-refractivity contribution in [3.05, 3.63) is 52.6 Å². The topological polar surface area (TPSA) is 81.3 Å². The lowest BCUT2D eigenvalue weighted by atomic mass is 10.1. The first-order valence-corrected chi connectivity index (χ1v) is 9.24. The van der Waals surface area contributed by atoms with Crippen LogP contribution in [0.4, 0.5) is 4.39 Å². The fourth-order valence-electron chi connectivity index (χ4n) is 3.68. The minimum Gasteiger partial charge on any atom is -0.337 e. The summed E-state index contributed by atoms with van der Waals surface area (Å²) in [5.41, 5.74) is 2.78. The number of amides is 2. The largest absolute Gasteiger partial charge is 0.337 e. The van der Waals surface area contributed by atoms with Crippen molar-refractivity contribution in [2.24, 2.45) is 0 Å². The second-order valence-corrected chi connectivity index (χ2v) is 6.90. The Hall–Kier alpha value is -2.74. The molecule has 0 radical (unpaired) electrons. The molecule has 1 fully saturated rings. The average molecular weight is 371 g/mol. The van der Waals surface area contributed by atoms with Crippen LogP contribution < -0.4 is 5.32 Å². The minimum atomic E-state index is -0.426. The third-order valence-corrected chi connectivity index (χ3v) is 5.15. The number of nitrogens with zero attached hydrogens (tertiary/aromatic N) is 3. The number of H-pyrrole nitrogens is 1. The summed E-state index contributed by atoms with van der Waals surface area (Å²) in [6, 6.07) is 5.71. The van der Waals surface area contributed by atoms with Gasteiger partial charge in [0.25, 0.3) is 11.8 Å². The zero-order valence-corrected chi connectivity index (χ0v) is 15.0. The van der Waals surface area contributed by atoms with E-state index in [1.807, 2.05) is 0 Å². The first-order chi connectivity index (χ1) is 13.1. The van der Waals surface area contributed by atoms with E-state index in [4.69, 9.17) is 0 Å². The highest BCUT2D eigenvalue weighted by molar-refractivity contribution is 5.95. The zero-order chi connectivity index (χ0) is 18.8. The molecule has 2 aliphatic heterocycles. The number of rotatable bonds is 2. The van der Waals surface area contributed by atoms with Crippen LogP contribution in [0.3, 0.4) is 0 Å². The second-order valence-electron chi connectivity index (χ2n) is 6.90. The van der Waals surface area contributed by atoms with Gasteiger partial charge in [0.05, 0.1) is 0 Å². The van der Waals surface area contributed by atoms with Crippen molar-refractivity contribution in [1.29, 1.82) is 0 Å². The summed E-state index contributed by atoms with van der Waals surface area (Å²) in [5.74, 6) is -0.731. The summed E-state index contributed by atoms with van der Waals surface area (Å²) in [4.78, 5) is 29.0. The maximum atomic E-state index is 13.4. The molecule has 0 atom stereocenters. The van der Waals surface area contributed by atoms with Crippen LogP contribution in [0.2, 0.25) is 0 Å². The molecule has 1 aromatic carbocycles. The van der Waals surface area contributed by atoms with Gasteiger partial charge in [-0.25, -0.2) is 4.39 Å². The highest BCUT2D eigenvalue weighted by atomic mass is 19.1. The summed E-state index contributed by atoms with van der Waals surface area (Å²) in [7, 11) is 0. The number of benzene rings is 1. The summed E-state index contributed by atoms with van der Waals surface area (Å²) in [6.07, 6.45) is 1.52. The predicted molar refractivity (Wildman–Crippen MR) is 96.8 cm³/mol. The van der Waals surface area contributed by atoms with Crippen molar-refractivity contribution in [3.8, 4) is 0 Å². The smallest absolute Gasteiger partial charge is 0.274 e. The Morgan fingerprint density at radius 2 is 1.85 bits per heavy atom. The Balaban J connectivity index is 1.45. The molecule has 0 unspecified atom stereocenters. The molecule has 0 saturated carbocycles. The van der Waals surface area contributed by atoms with E-state index < -0.39 is 5.82 Å². The Labute approximate surface area is 156 Å². The van der Waals surface area contributed by atoms with E-state index in [2.05, 4.69) is 15.5 Å². The van der Waals surface area contributed by atoms with Crippen molar-refractivity contribution in [1.82, 2.24) is 25.3 Å². The van der Waals surface area contributed by atoms with E-state index in [0.717, 1.165) is 24.2 Å². The molecule has 3 heterocycles. The Bertz CT molecular complexity index is 866. The van der Waals surface area contributed by atoms with Crippen LogP contribution in [0.1, 0.15) is 38.5 Å². The van der Waals surface area contributed by atoms with Gasteiger partial charge in [-0.15, -0.1) is 0 Å². The lowest BCUT2D eigenvalue weighted by Crippen LogP contribution is -2.38. The van der Waals surface area contributed by atoms with Crippen LogP contribution in [-0.2, 0) is 13.0 Å². The summed E-state index contributed by atoms with van der Waals surface area (Å²) in [6.45, 7) is 3.50. The average Bonchev–Trinajstić information content (AvgIpc) is 2.96. The molecule has 1 aromatic heterocycles. The molecule has 2 aromatic rings. The molecular formula is C19H22FN5O2. The lowest BCUT2D eigenvalue weighted by molar-refractivity contribution is 0.0714. The molecule has 0 aliphatic carbocycles. The number of aromatic nitrogens is 2. The Morgan fingerprint density at radius 3 is 2.63 bits per heavy atom. The van der Waals surface area contributed by atoms with E-state index >= 15 is 0 Å². The quantitative estimate of drug-likeness (QED) is 0.831. The van der Waals surface area contributed by atoms with Crippen LogP contribution in [-0.4, -0.2) is 64.5 Å². The second kappa shape index (κ2) is 7.48. The van der Waals surface area contributed by atoms with Crippen molar-refractivity contribution in [3.63, 3.8) is 0 Å². The van der Waals surface area contributed by atoms with E-state index in [-0.39, 0.29) is 11.8 Å². The minimum absolute atomic E-state index is 0.101. The van der Waals surface area contributed by atoms with Crippen LogP contribution >= 0.6 is 0 Å². The summed E-state index contributed by atoms with van der Waals surface area (Å²) in [5, 5.41) is 10.5. The van der Waals surface area contributed by atoms with Crippen molar-refractivity contribution < 1.29 is 14.0 Å². The van der Waals surface area contributed by atoms with Crippen molar-refractivity contribution >= 4 is 11.8 Å². The third kappa shape index (κ3) is 3.57. The number of carbonyl (C=O) groups excluding carboxylic acids is 2. The maximum absolute atomic E-state index is 13.4. The summed E-state index contributed by atoms with van der Waals surface area (Å²) < 4.78 is 13.4. The molecule has 0 spiro atoms. The first-order valence-electron chi connectivity index (χ1n) is 9.24. The molecule has 2 N–H and O–H groups in total. The molecular weight excluding hydrogens is 349 g/mol. The van der Waals surface area contributed by atoms with Crippen LogP contribution in [0.15, 0.2) is 24.3 Å². The molecule has 4 rings (SSSR count). The van der Waals surface area contributed by atoms with Gasteiger partial charge in [-0.3, -0.25) is 14.7 Å². The molecule has 27 heavy (non-hydrogen) atoms. The zero-order valence-electron chi connectivity index (χ0n) is 15.0. The predicted octanol–water partition coefficient (Wildman–Crippen LogP) is 1.18. The number of fused-ring (bicyclic) bond motifs is 1. The van der Waals surface area contributed by atoms with Crippen molar-refractivity contribution in [2.45, 2.75) is 19.4 Å². The first kappa shape index (κ1) is 17.7. The van der Waals surface area contributed by atoms with Crippen LogP contribution in [0.25, 0.3) is 0 Å². The van der Waals surface area contributed by atoms with E-state index in [1.165, 1.54) is 18.2 Å². The van der Waals surface area contributed by atoms with Crippen molar-refractivity contribution in [2.75, 3.05) is 32.7 Å². The normalized spacial score (nSPS) is 17.4. The van der Waals surface area contributed by atoms with E-state index in [9.17, 15) is 14.0 Å². The van der Waals surface area contributed by atoms with Gasteiger partial charge in [-0.1, -0.05) is 6.07 Å². The standard InChI is InChI=1S/C19H22FN5O2/c20-14-4-1-3-13(11-14)18(26)24-7-2-8-25(10-9-24)19(27)17-15-12-21-6-5-16(15)22-23-17/h1,3-4,11,21H,2,5-10,12H2,(H,22,23). The van der Waals surface area contributed by atoms with Gasteiger partial charge >= 0.3 is 0 Å². The van der Waals surface area contributed by atoms with Gasteiger partial charge in [0.1, 0.15) is 5.82 Å². The van der Waals surface area contributed by atoms with Gasteiger partial charge in [-0.05, 0) is 24.6 Å². The number of carbonyl (C=O) groups is 2. The lowest BCUT2D eigenvalue weighted by Gasteiger charge is -2.22. The SMILES string of the molecule is O=C(c1cccc(F)c1)N1CCCN(C(=O)c2n[nH]c3c2CNCC3)CC1. The van der Waals surface area contributed by atoms with Gasteiger partial charge in [0.15, 0.2) is 5.69 Å². The Kier molecular flexibility index (Phi) is 4.89. The highest BCUT2D eigenvalue weighted by Crippen LogP contribution is 2.18. The van der Waals surface area contributed by atoms with Gasteiger partial charge < -0.3 is 15.1 Å². The molecule has 8 heteroatoms. The van der Waals surface area contributed by atoms with Gasteiger partial charge in [0.2, 0.25) is 0 Å².